The minimum atomic E-state index is -0.715. The molecule has 1 aliphatic carbocycles. The van der Waals surface area contributed by atoms with Crippen molar-refractivity contribution in [3.8, 4) is 11.1 Å². The molecule has 2 saturated heterocycles. The standard InChI is InChI=1S/C27H30ClN3O4/c1-16-7-9-17(10-8-16)23(27(34)31-14-21(28)25-24(31)22(32)15-35-25)30-26(33)19-5-2-4-18(12-19)20-6-3-11-29-13-20/h2-6,11-13,16-17,21,23-25H,7-10,14-15H2,1H3,(H,30,33)/t16-,17-,21-,23?,24+,25+/m0/s1. The summed E-state index contributed by atoms with van der Waals surface area (Å²) in [5, 5.41) is 2.61. The van der Waals surface area contributed by atoms with Crippen molar-refractivity contribution in [1.82, 2.24) is 15.2 Å². The number of carbonyl (C=O) groups excluding carboxylic acids is 3. The van der Waals surface area contributed by atoms with Gasteiger partial charge in [-0.25, -0.2) is 0 Å². The Kier molecular flexibility index (Phi) is 6.89. The number of nitrogens with one attached hydrogen (secondary N) is 1. The van der Waals surface area contributed by atoms with Crippen LogP contribution in [-0.4, -0.2) is 64.2 Å². The number of pyridine rings is 1. The van der Waals surface area contributed by atoms with Gasteiger partial charge in [-0.15, -0.1) is 11.6 Å². The molecule has 4 atom stereocenters. The lowest BCUT2D eigenvalue weighted by molar-refractivity contribution is -0.139. The first-order chi connectivity index (χ1) is 16.9. The van der Waals surface area contributed by atoms with E-state index in [2.05, 4.69) is 17.2 Å². The van der Waals surface area contributed by atoms with Gasteiger partial charge >= 0.3 is 0 Å². The van der Waals surface area contributed by atoms with E-state index < -0.39 is 23.6 Å². The van der Waals surface area contributed by atoms with E-state index in [0.717, 1.165) is 36.8 Å². The zero-order valence-electron chi connectivity index (χ0n) is 19.7. The minimum absolute atomic E-state index is 0.00871. The summed E-state index contributed by atoms with van der Waals surface area (Å²) >= 11 is 6.44. The molecule has 3 heterocycles. The Morgan fingerprint density at radius 2 is 1.91 bits per heavy atom. The lowest BCUT2D eigenvalue weighted by Crippen LogP contribution is -2.55. The van der Waals surface area contributed by atoms with Crippen molar-refractivity contribution in [2.75, 3.05) is 13.2 Å². The van der Waals surface area contributed by atoms with Gasteiger partial charge in [0, 0.05) is 30.1 Å². The predicted molar refractivity (Wildman–Crippen MR) is 132 cm³/mol. The summed E-state index contributed by atoms with van der Waals surface area (Å²) in [6, 6.07) is 9.72. The number of amides is 2. The van der Waals surface area contributed by atoms with Gasteiger partial charge in [-0.2, -0.15) is 0 Å². The van der Waals surface area contributed by atoms with E-state index in [1.807, 2.05) is 30.3 Å². The van der Waals surface area contributed by atoms with Crippen LogP contribution in [0.4, 0.5) is 0 Å². The minimum Gasteiger partial charge on any atom is -0.366 e. The molecule has 3 aliphatic rings. The molecule has 1 aromatic heterocycles. The van der Waals surface area contributed by atoms with Gasteiger partial charge in [-0.05, 0) is 48.4 Å². The van der Waals surface area contributed by atoms with Crippen LogP contribution in [0.25, 0.3) is 11.1 Å². The van der Waals surface area contributed by atoms with Crippen LogP contribution in [0, 0.1) is 11.8 Å². The summed E-state index contributed by atoms with van der Waals surface area (Å²) in [6.45, 7) is 2.43. The quantitative estimate of drug-likeness (QED) is 0.642. The van der Waals surface area contributed by atoms with Crippen molar-refractivity contribution in [3.05, 3.63) is 54.4 Å². The fourth-order valence-electron chi connectivity index (χ4n) is 5.60. The number of aromatic nitrogens is 1. The number of rotatable bonds is 5. The van der Waals surface area contributed by atoms with E-state index in [4.69, 9.17) is 16.3 Å². The molecule has 2 aromatic rings. The molecule has 0 bridgehead atoms. The van der Waals surface area contributed by atoms with Crippen LogP contribution in [0.2, 0.25) is 0 Å². The third-order valence-corrected chi connectivity index (χ3v) is 8.00. The molecule has 0 radical (unpaired) electrons. The van der Waals surface area contributed by atoms with Crippen molar-refractivity contribution in [2.45, 2.75) is 56.2 Å². The van der Waals surface area contributed by atoms with E-state index in [1.54, 1.807) is 23.4 Å². The normalized spacial score (nSPS) is 29.0. The zero-order valence-corrected chi connectivity index (χ0v) is 20.5. The molecule has 1 saturated carbocycles. The van der Waals surface area contributed by atoms with Crippen molar-refractivity contribution in [2.24, 2.45) is 11.8 Å². The zero-order chi connectivity index (χ0) is 24.5. The van der Waals surface area contributed by atoms with Crippen LogP contribution in [0.3, 0.4) is 0 Å². The molecule has 1 unspecified atom stereocenters. The van der Waals surface area contributed by atoms with Gasteiger partial charge in [0.15, 0.2) is 5.78 Å². The molecule has 5 rings (SSSR count). The highest BCUT2D eigenvalue weighted by molar-refractivity contribution is 6.22. The summed E-state index contributed by atoms with van der Waals surface area (Å²) in [6.07, 6.45) is 6.69. The topological polar surface area (TPSA) is 88.6 Å². The number of hydrogen-bond acceptors (Lipinski definition) is 5. The van der Waals surface area contributed by atoms with Crippen LogP contribution in [0.5, 0.6) is 0 Å². The Morgan fingerprint density at radius 3 is 2.66 bits per heavy atom. The van der Waals surface area contributed by atoms with E-state index >= 15 is 0 Å². The molecule has 35 heavy (non-hydrogen) atoms. The lowest BCUT2D eigenvalue weighted by Gasteiger charge is -2.35. The highest BCUT2D eigenvalue weighted by Gasteiger charge is 2.53. The maximum absolute atomic E-state index is 13.9. The predicted octanol–water partition coefficient (Wildman–Crippen LogP) is 3.46. The Morgan fingerprint density at radius 1 is 1.14 bits per heavy atom. The van der Waals surface area contributed by atoms with Crippen LogP contribution in [0.15, 0.2) is 48.8 Å². The molecule has 2 amide bonds. The van der Waals surface area contributed by atoms with Crippen LogP contribution >= 0.6 is 11.6 Å². The number of halogens is 1. The maximum Gasteiger partial charge on any atom is 0.251 e. The van der Waals surface area contributed by atoms with Gasteiger partial charge in [0.25, 0.3) is 5.91 Å². The van der Waals surface area contributed by atoms with Crippen molar-refractivity contribution >= 4 is 29.2 Å². The fourth-order valence-corrected chi connectivity index (χ4v) is 5.96. The van der Waals surface area contributed by atoms with Gasteiger partial charge in [0.1, 0.15) is 24.8 Å². The Balaban J connectivity index is 1.39. The summed E-state index contributed by atoms with van der Waals surface area (Å²) in [7, 11) is 0. The number of ether oxygens (including phenoxy) is 1. The van der Waals surface area contributed by atoms with Gasteiger partial charge in [-0.1, -0.05) is 38.0 Å². The average molecular weight is 496 g/mol. The molecule has 2 aliphatic heterocycles. The van der Waals surface area contributed by atoms with Crippen LogP contribution in [-0.2, 0) is 14.3 Å². The first-order valence-corrected chi connectivity index (χ1v) is 12.8. The largest absolute Gasteiger partial charge is 0.366 e. The summed E-state index contributed by atoms with van der Waals surface area (Å²) < 4.78 is 5.56. The first kappa shape index (κ1) is 23.9. The molecular weight excluding hydrogens is 466 g/mol. The molecule has 3 fully saturated rings. The van der Waals surface area contributed by atoms with Crippen LogP contribution < -0.4 is 5.32 Å². The number of alkyl halides is 1. The molecule has 7 nitrogen and oxygen atoms in total. The lowest BCUT2D eigenvalue weighted by atomic mass is 9.78. The maximum atomic E-state index is 13.9. The molecular formula is C27H30ClN3O4. The second-order valence-electron chi connectivity index (χ2n) is 9.99. The van der Waals surface area contributed by atoms with E-state index in [0.29, 0.717) is 11.5 Å². The van der Waals surface area contributed by atoms with Crippen LogP contribution in [0.1, 0.15) is 43.0 Å². The molecule has 184 valence electrons. The Hall–Kier alpha value is -2.77. The Labute approximate surface area is 210 Å². The number of benzene rings is 1. The number of ketones is 1. The van der Waals surface area contributed by atoms with Crippen molar-refractivity contribution in [3.63, 3.8) is 0 Å². The number of hydrogen-bond donors (Lipinski definition) is 1. The number of fused-ring (bicyclic) bond motifs is 1. The molecule has 1 N–H and O–H groups in total. The smallest absolute Gasteiger partial charge is 0.251 e. The highest BCUT2D eigenvalue weighted by atomic mass is 35.5. The molecule has 8 heteroatoms. The second-order valence-corrected chi connectivity index (χ2v) is 10.5. The van der Waals surface area contributed by atoms with E-state index in [9.17, 15) is 14.4 Å². The number of likely N-dealkylation sites (tertiary alicyclic amines) is 1. The summed E-state index contributed by atoms with van der Waals surface area (Å²) in [5.41, 5.74) is 2.26. The number of nitrogens with zero attached hydrogens (tertiary/aromatic N) is 2. The van der Waals surface area contributed by atoms with Gasteiger partial charge in [0.2, 0.25) is 5.91 Å². The fraction of sp³-hybridized carbons (Fsp3) is 0.481. The van der Waals surface area contributed by atoms with Crippen molar-refractivity contribution < 1.29 is 19.1 Å². The molecule has 0 spiro atoms. The summed E-state index contributed by atoms with van der Waals surface area (Å²) in [4.78, 5) is 45.5. The van der Waals surface area contributed by atoms with E-state index in [-0.39, 0.29) is 36.7 Å². The summed E-state index contributed by atoms with van der Waals surface area (Å²) in [5.74, 6) is -0.0623. The third kappa shape index (κ3) is 4.84. The van der Waals surface area contributed by atoms with Gasteiger partial charge < -0.3 is 15.0 Å². The highest BCUT2D eigenvalue weighted by Crippen LogP contribution is 2.35. The molecule has 1 aromatic carbocycles. The van der Waals surface area contributed by atoms with E-state index in [1.165, 1.54) is 0 Å². The van der Waals surface area contributed by atoms with Gasteiger partial charge in [-0.3, -0.25) is 19.4 Å². The van der Waals surface area contributed by atoms with Gasteiger partial charge in [0.05, 0.1) is 5.38 Å². The Bertz CT molecular complexity index is 1100. The first-order valence-electron chi connectivity index (χ1n) is 12.3. The monoisotopic (exact) mass is 495 g/mol. The third-order valence-electron chi connectivity index (χ3n) is 7.61. The number of Topliss-reactive ketones (excluding diaryl/α,β-unsaturated/α-hetero) is 1. The average Bonchev–Trinajstić information content (AvgIpc) is 3.43. The second kappa shape index (κ2) is 10.1. The number of carbonyl (C=O) groups is 3. The van der Waals surface area contributed by atoms with Crippen molar-refractivity contribution in [1.29, 1.82) is 0 Å². The SMILES string of the molecule is C[C@H]1CC[C@H](C(NC(=O)c2cccc(-c3cccnc3)c2)C(=O)N2C[C@H](Cl)[C@H]3OCC(=O)[C@H]32)CC1.